The second-order valence-corrected chi connectivity index (χ2v) is 8.49. The van der Waals surface area contributed by atoms with E-state index in [9.17, 15) is 18.0 Å². The first-order valence-corrected chi connectivity index (χ1v) is 9.33. The Morgan fingerprint density at radius 2 is 1.96 bits per heavy atom. The predicted molar refractivity (Wildman–Crippen MR) is 89.5 cm³/mol. The van der Waals surface area contributed by atoms with Gasteiger partial charge in [0.25, 0.3) is 5.91 Å². The summed E-state index contributed by atoms with van der Waals surface area (Å²) in [6.07, 6.45) is 0. The van der Waals surface area contributed by atoms with Gasteiger partial charge >= 0.3 is 5.97 Å². The first kappa shape index (κ1) is 18.7. The number of carbonyl (C=O) groups is 2. The monoisotopic (exact) mass is 374 g/mol. The Morgan fingerprint density at radius 1 is 1.33 bits per heavy atom. The lowest BCUT2D eigenvalue weighted by molar-refractivity contribution is -0.140. The molecule has 24 heavy (non-hydrogen) atoms. The van der Waals surface area contributed by atoms with E-state index in [1.807, 2.05) is 0 Å². The number of amides is 1. The molecule has 0 radical (unpaired) electrons. The number of nitrogens with one attached hydrogen (secondary N) is 1. The lowest BCUT2D eigenvalue weighted by Crippen LogP contribution is -2.61. The molecule has 0 saturated carbocycles. The standard InChI is InChI=1S/C15H19ClN2O5S/c1-9(2)13(15(20)21)17-24(22,23)12-7-18(8-12)14(19)10-4-3-5-11(16)6-10/h3-6,9,12-13,17H,7-8H2,1-2H3,(H,20,21). The molecule has 1 aliphatic heterocycles. The Hall–Kier alpha value is -1.64. The average Bonchev–Trinajstić information content (AvgIpc) is 2.42. The van der Waals surface area contributed by atoms with Crippen molar-refractivity contribution in [3.8, 4) is 0 Å². The van der Waals surface area contributed by atoms with Crippen LogP contribution in [0.4, 0.5) is 0 Å². The Bertz CT molecular complexity index is 744. The van der Waals surface area contributed by atoms with E-state index in [2.05, 4.69) is 4.72 Å². The Labute approximate surface area is 145 Å². The summed E-state index contributed by atoms with van der Waals surface area (Å²) < 4.78 is 26.7. The number of halogens is 1. The van der Waals surface area contributed by atoms with E-state index in [0.29, 0.717) is 10.6 Å². The number of nitrogens with zero attached hydrogens (tertiary/aromatic N) is 1. The lowest BCUT2D eigenvalue weighted by Gasteiger charge is -2.39. The van der Waals surface area contributed by atoms with Crippen LogP contribution in [-0.4, -0.2) is 54.7 Å². The third kappa shape index (κ3) is 4.06. The maximum atomic E-state index is 12.3. The molecule has 1 saturated heterocycles. The van der Waals surface area contributed by atoms with E-state index in [0.717, 1.165) is 0 Å². The van der Waals surface area contributed by atoms with Crippen molar-refractivity contribution in [2.45, 2.75) is 25.1 Å². The molecule has 1 aromatic rings. The van der Waals surface area contributed by atoms with Gasteiger partial charge in [-0.1, -0.05) is 31.5 Å². The van der Waals surface area contributed by atoms with Crippen LogP contribution in [0.2, 0.25) is 5.02 Å². The van der Waals surface area contributed by atoms with Crippen molar-refractivity contribution < 1.29 is 23.1 Å². The molecule has 2 N–H and O–H groups in total. The number of aliphatic carboxylic acids is 1. The highest BCUT2D eigenvalue weighted by atomic mass is 35.5. The highest BCUT2D eigenvalue weighted by molar-refractivity contribution is 7.90. The first-order valence-electron chi connectivity index (χ1n) is 7.40. The number of rotatable bonds is 6. The summed E-state index contributed by atoms with van der Waals surface area (Å²) in [5.41, 5.74) is 0.386. The van der Waals surface area contributed by atoms with Crippen LogP contribution in [0.25, 0.3) is 0 Å². The predicted octanol–water partition coefficient (Wildman–Crippen LogP) is 1.19. The van der Waals surface area contributed by atoms with Gasteiger partial charge < -0.3 is 10.0 Å². The van der Waals surface area contributed by atoms with E-state index >= 15 is 0 Å². The number of hydrogen-bond donors (Lipinski definition) is 2. The molecule has 2 rings (SSSR count). The van der Waals surface area contributed by atoms with Gasteiger partial charge in [-0.15, -0.1) is 0 Å². The number of sulfonamides is 1. The van der Waals surface area contributed by atoms with Crippen molar-refractivity contribution >= 4 is 33.5 Å². The van der Waals surface area contributed by atoms with Crippen LogP contribution >= 0.6 is 11.6 Å². The third-order valence-electron chi connectivity index (χ3n) is 3.87. The fraction of sp³-hybridized carbons (Fsp3) is 0.467. The molecule has 1 unspecified atom stereocenters. The van der Waals surface area contributed by atoms with Crippen LogP contribution in [0.1, 0.15) is 24.2 Å². The van der Waals surface area contributed by atoms with Crippen LogP contribution in [0.15, 0.2) is 24.3 Å². The highest BCUT2D eigenvalue weighted by Crippen LogP contribution is 2.21. The largest absolute Gasteiger partial charge is 0.480 e. The molecule has 1 aliphatic rings. The molecule has 7 nitrogen and oxygen atoms in total. The second-order valence-electron chi connectivity index (χ2n) is 6.07. The molecular weight excluding hydrogens is 356 g/mol. The van der Waals surface area contributed by atoms with Crippen molar-refractivity contribution in [3.63, 3.8) is 0 Å². The van der Waals surface area contributed by atoms with Gasteiger partial charge in [-0.05, 0) is 24.1 Å². The minimum absolute atomic E-state index is 0.0190. The van der Waals surface area contributed by atoms with E-state index in [4.69, 9.17) is 16.7 Å². The van der Waals surface area contributed by atoms with E-state index < -0.39 is 27.3 Å². The summed E-state index contributed by atoms with van der Waals surface area (Å²) in [5, 5.41) is 8.70. The van der Waals surface area contributed by atoms with Gasteiger partial charge in [0.1, 0.15) is 11.3 Å². The van der Waals surface area contributed by atoms with Crippen LogP contribution in [0.5, 0.6) is 0 Å². The summed E-state index contributed by atoms with van der Waals surface area (Å²) >= 11 is 5.84. The Morgan fingerprint density at radius 3 is 2.46 bits per heavy atom. The molecule has 9 heteroatoms. The Kier molecular flexibility index (Phi) is 5.52. The number of carbonyl (C=O) groups excluding carboxylic acids is 1. The van der Waals surface area contributed by atoms with E-state index in [1.54, 1.807) is 32.0 Å². The molecule has 1 heterocycles. The van der Waals surface area contributed by atoms with Crippen molar-refractivity contribution in [2.24, 2.45) is 5.92 Å². The van der Waals surface area contributed by atoms with Gasteiger partial charge in [-0.3, -0.25) is 9.59 Å². The van der Waals surface area contributed by atoms with Gasteiger partial charge in [0.15, 0.2) is 0 Å². The molecule has 1 aromatic carbocycles. The molecule has 0 aromatic heterocycles. The van der Waals surface area contributed by atoms with Crippen LogP contribution < -0.4 is 4.72 Å². The number of benzene rings is 1. The third-order valence-corrected chi connectivity index (χ3v) is 5.86. The van der Waals surface area contributed by atoms with Gasteiger partial charge in [0.2, 0.25) is 10.0 Å². The van der Waals surface area contributed by atoms with E-state index in [1.165, 1.54) is 11.0 Å². The maximum absolute atomic E-state index is 12.3. The summed E-state index contributed by atoms with van der Waals surface area (Å²) in [6, 6.07) is 5.22. The summed E-state index contributed by atoms with van der Waals surface area (Å²) in [4.78, 5) is 24.8. The van der Waals surface area contributed by atoms with Gasteiger partial charge in [-0.25, -0.2) is 13.1 Å². The quantitative estimate of drug-likeness (QED) is 0.778. The lowest BCUT2D eigenvalue weighted by atomic mass is 10.1. The number of carboxylic acids is 1. The summed E-state index contributed by atoms with van der Waals surface area (Å²) in [7, 11) is -3.82. The van der Waals surface area contributed by atoms with Crippen molar-refractivity contribution in [3.05, 3.63) is 34.9 Å². The maximum Gasteiger partial charge on any atom is 0.321 e. The molecule has 1 fully saturated rings. The highest BCUT2D eigenvalue weighted by Gasteiger charge is 2.42. The minimum Gasteiger partial charge on any atom is -0.480 e. The van der Waals surface area contributed by atoms with Gasteiger partial charge in [-0.2, -0.15) is 0 Å². The topological polar surface area (TPSA) is 104 Å². The summed E-state index contributed by atoms with van der Waals surface area (Å²) in [5.74, 6) is -1.91. The zero-order valence-corrected chi connectivity index (χ0v) is 14.8. The van der Waals surface area contributed by atoms with E-state index in [-0.39, 0.29) is 24.9 Å². The number of carboxylic acid groups (broad SMARTS) is 1. The van der Waals surface area contributed by atoms with Crippen molar-refractivity contribution in [1.82, 2.24) is 9.62 Å². The molecule has 0 aliphatic carbocycles. The average molecular weight is 375 g/mol. The zero-order valence-electron chi connectivity index (χ0n) is 13.3. The normalized spacial score (nSPS) is 16.8. The smallest absolute Gasteiger partial charge is 0.321 e. The molecule has 0 bridgehead atoms. The van der Waals surface area contributed by atoms with Crippen LogP contribution in [0, 0.1) is 5.92 Å². The SMILES string of the molecule is CC(C)C(NS(=O)(=O)C1CN(C(=O)c2cccc(Cl)c2)C1)C(=O)O. The number of hydrogen-bond acceptors (Lipinski definition) is 4. The second kappa shape index (κ2) is 7.08. The Balaban J connectivity index is 2.00. The first-order chi connectivity index (χ1) is 11.1. The minimum atomic E-state index is -3.82. The van der Waals surface area contributed by atoms with Crippen molar-refractivity contribution in [1.29, 1.82) is 0 Å². The molecule has 132 valence electrons. The van der Waals surface area contributed by atoms with Gasteiger partial charge in [0.05, 0.1) is 0 Å². The molecular formula is C15H19ClN2O5S. The van der Waals surface area contributed by atoms with Crippen LogP contribution in [-0.2, 0) is 14.8 Å². The zero-order chi connectivity index (χ0) is 18.1. The van der Waals surface area contributed by atoms with Gasteiger partial charge in [0, 0.05) is 23.7 Å². The molecule has 1 atom stereocenters. The fourth-order valence-electron chi connectivity index (χ4n) is 2.35. The molecule has 0 spiro atoms. The summed E-state index contributed by atoms with van der Waals surface area (Å²) in [6.45, 7) is 3.28. The molecule has 1 amide bonds. The number of likely N-dealkylation sites (tertiary alicyclic amines) is 1. The fourth-order valence-corrected chi connectivity index (χ4v) is 4.21. The van der Waals surface area contributed by atoms with Crippen LogP contribution in [0.3, 0.4) is 0 Å². The van der Waals surface area contributed by atoms with Crippen molar-refractivity contribution in [2.75, 3.05) is 13.1 Å².